The van der Waals surface area contributed by atoms with Gasteiger partial charge in [0.2, 0.25) is 0 Å². The van der Waals surface area contributed by atoms with Crippen molar-refractivity contribution < 1.29 is 33.3 Å². The van der Waals surface area contributed by atoms with Crippen LogP contribution in [0, 0.1) is 17.6 Å². The topological polar surface area (TPSA) is 145 Å². The molecule has 2 saturated carbocycles. The number of ether oxygens (including phenoxy) is 2. The highest BCUT2D eigenvalue weighted by Gasteiger charge is 2.43. The first-order chi connectivity index (χ1) is 19.3. The van der Waals surface area contributed by atoms with Crippen LogP contribution in [0.4, 0.5) is 14.6 Å². The van der Waals surface area contributed by atoms with E-state index in [1.54, 1.807) is 17.7 Å². The molecule has 2 heterocycles. The highest BCUT2D eigenvalue weighted by Crippen LogP contribution is 2.43. The Morgan fingerprint density at radius 1 is 1.18 bits per heavy atom. The molecule has 2 fully saturated rings. The first kappa shape index (κ1) is 28.6. The number of anilines is 1. The quantitative estimate of drug-likeness (QED) is 0.166. The van der Waals surface area contributed by atoms with E-state index < -0.39 is 41.8 Å². The molecule has 0 spiro atoms. The predicted octanol–water partition coefficient (Wildman–Crippen LogP) is 2.66. The number of nitrogens with zero attached hydrogens (tertiary/aromatic N) is 5. The number of hydrogen-bond acceptors (Lipinski definition) is 11. The molecule has 216 valence electrons. The normalized spacial score (nSPS) is 25.9. The summed E-state index contributed by atoms with van der Waals surface area (Å²) in [6.07, 6.45) is -1.05. The van der Waals surface area contributed by atoms with E-state index in [4.69, 9.17) is 9.47 Å². The number of fused-ring (bicyclic) bond motifs is 1. The first-order valence-electron chi connectivity index (χ1n) is 13.4. The van der Waals surface area contributed by atoms with Gasteiger partial charge in [0, 0.05) is 23.6 Å². The Morgan fingerprint density at radius 2 is 2.00 bits per heavy atom. The van der Waals surface area contributed by atoms with Gasteiger partial charge in [0.1, 0.15) is 12.7 Å². The average molecular weight is 579 g/mol. The summed E-state index contributed by atoms with van der Waals surface area (Å²) in [4.78, 5) is 21.0. The molecule has 1 aromatic carbocycles. The number of aliphatic hydroxyl groups excluding tert-OH is 2. The van der Waals surface area contributed by atoms with Crippen LogP contribution >= 0.6 is 11.8 Å². The molecular weight excluding hydrogens is 546 g/mol. The van der Waals surface area contributed by atoms with Crippen molar-refractivity contribution in [3.63, 3.8) is 0 Å². The Morgan fingerprint density at radius 3 is 2.75 bits per heavy atom. The summed E-state index contributed by atoms with van der Waals surface area (Å²) in [6, 6.07) is 3.90. The van der Waals surface area contributed by atoms with E-state index in [0.717, 1.165) is 24.7 Å². The van der Waals surface area contributed by atoms with Crippen LogP contribution in [-0.4, -0.2) is 84.5 Å². The Hall–Kier alpha value is -2.94. The Kier molecular flexibility index (Phi) is 8.78. The monoisotopic (exact) mass is 578 g/mol. The van der Waals surface area contributed by atoms with Crippen molar-refractivity contribution in [2.24, 2.45) is 5.92 Å². The maximum atomic E-state index is 13.8. The number of aromatic nitrogens is 5. The van der Waals surface area contributed by atoms with Crippen molar-refractivity contribution in [1.82, 2.24) is 25.0 Å². The van der Waals surface area contributed by atoms with Gasteiger partial charge in [-0.1, -0.05) is 30.0 Å². The highest BCUT2D eigenvalue weighted by molar-refractivity contribution is 7.99. The summed E-state index contributed by atoms with van der Waals surface area (Å²) in [5.74, 6) is -1.41. The number of halogens is 2. The minimum atomic E-state index is -1.17. The molecule has 0 aliphatic heterocycles. The summed E-state index contributed by atoms with van der Waals surface area (Å²) < 4.78 is 39.1. The summed E-state index contributed by atoms with van der Waals surface area (Å²) in [5, 5.41) is 33.7. The lowest BCUT2D eigenvalue weighted by molar-refractivity contribution is -0.153. The fourth-order valence-corrected chi connectivity index (χ4v) is 5.68. The van der Waals surface area contributed by atoms with Gasteiger partial charge in [-0.25, -0.2) is 28.2 Å². The molecule has 6 atom stereocenters. The van der Waals surface area contributed by atoms with Crippen LogP contribution in [-0.2, 0) is 20.8 Å². The van der Waals surface area contributed by atoms with Gasteiger partial charge in [-0.3, -0.25) is 0 Å². The van der Waals surface area contributed by atoms with Crippen molar-refractivity contribution in [3.8, 4) is 0 Å². The van der Waals surface area contributed by atoms with Gasteiger partial charge >= 0.3 is 5.97 Å². The molecule has 3 aromatic rings. The van der Waals surface area contributed by atoms with Crippen LogP contribution < -0.4 is 5.32 Å². The summed E-state index contributed by atoms with van der Waals surface area (Å²) in [7, 11) is 0. The molecule has 2 aliphatic rings. The van der Waals surface area contributed by atoms with Crippen molar-refractivity contribution in [3.05, 3.63) is 35.4 Å². The number of esters is 1. The van der Waals surface area contributed by atoms with Crippen molar-refractivity contribution in [1.29, 1.82) is 0 Å². The van der Waals surface area contributed by atoms with Crippen LogP contribution in [0.1, 0.15) is 44.6 Å². The van der Waals surface area contributed by atoms with Crippen LogP contribution in [0.2, 0.25) is 0 Å². The third-order valence-electron chi connectivity index (χ3n) is 7.14. The Labute approximate surface area is 233 Å². The molecule has 0 radical (unpaired) electrons. The van der Waals surface area contributed by atoms with Gasteiger partial charge in [-0.2, -0.15) is 0 Å². The second-order valence-corrected chi connectivity index (χ2v) is 11.1. The van der Waals surface area contributed by atoms with Crippen molar-refractivity contribution in [2.45, 2.75) is 75.1 Å². The number of carbonyl (C=O) groups is 1. The summed E-state index contributed by atoms with van der Waals surface area (Å²) in [5.41, 5.74) is 1.62. The number of aliphatic hydroxyl groups is 2. The number of hydrogen-bond donors (Lipinski definition) is 3. The number of carbonyl (C=O) groups excluding carboxylic acids is 1. The van der Waals surface area contributed by atoms with Gasteiger partial charge < -0.3 is 25.0 Å². The molecule has 40 heavy (non-hydrogen) atoms. The third-order valence-corrected chi connectivity index (χ3v) is 8.19. The minimum Gasteiger partial charge on any atom is -0.464 e. The average Bonchev–Trinajstić information content (AvgIpc) is 3.50. The van der Waals surface area contributed by atoms with E-state index in [1.165, 1.54) is 17.8 Å². The van der Waals surface area contributed by atoms with Crippen LogP contribution in [0.25, 0.3) is 11.2 Å². The molecule has 2 aliphatic carbocycles. The van der Waals surface area contributed by atoms with E-state index in [-0.39, 0.29) is 31.7 Å². The predicted molar refractivity (Wildman–Crippen MR) is 142 cm³/mol. The Bertz CT molecular complexity index is 1360. The van der Waals surface area contributed by atoms with Gasteiger partial charge in [0.05, 0.1) is 25.4 Å². The molecule has 0 bridgehead atoms. The molecule has 3 N–H and O–H groups in total. The second-order valence-electron chi connectivity index (χ2n) is 10.0. The van der Waals surface area contributed by atoms with Gasteiger partial charge in [0.25, 0.3) is 0 Å². The Balaban J connectivity index is 1.33. The number of thioether (sulfide) groups is 1. The third kappa shape index (κ3) is 6.19. The fraction of sp³-hybridized carbons (Fsp3) is 0.577. The second kappa shape index (κ2) is 12.3. The van der Waals surface area contributed by atoms with Crippen molar-refractivity contribution >= 4 is 34.7 Å². The lowest BCUT2D eigenvalue weighted by Crippen LogP contribution is -2.34. The molecule has 14 heteroatoms. The zero-order valence-corrected chi connectivity index (χ0v) is 23.0. The van der Waals surface area contributed by atoms with Crippen LogP contribution in [0.5, 0.6) is 0 Å². The molecule has 5 rings (SSSR count). The van der Waals surface area contributed by atoms with E-state index in [1.807, 2.05) is 0 Å². The largest absolute Gasteiger partial charge is 0.464 e. The number of benzene rings is 1. The fourth-order valence-electron chi connectivity index (χ4n) is 4.98. The maximum Gasteiger partial charge on any atom is 0.332 e. The summed E-state index contributed by atoms with van der Waals surface area (Å²) in [6.45, 7) is 3.87. The zero-order valence-electron chi connectivity index (χ0n) is 22.2. The molecule has 2 aromatic heterocycles. The van der Waals surface area contributed by atoms with E-state index in [0.29, 0.717) is 34.1 Å². The van der Waals surface area contributed by atoms with Gasteiger partial charge in [-0.15, -0.1) is 5.10 Å². The van der Waals surface area contributed by atoms with E-state index in [2.05, 4.69) is 32.5 Å². The number of nitrogens with one attached hydrogen (secondary N) is 1. The van der Waals surface area contributed by atoms with Crippen LogP contribution in [0.3, 0.4) is 0 Å². The molecular formula is C26H32F2N6O5S. The minimum absolute atomic E-state index is 0.00331. The SMILES string of the molecule is CCCSc1nc(NC2CC2c2ccc(F)c(F)c2)c2nnn(CC3CC(OCC(=O)OCC)C(O)C3O)c2n1. The lowest BCUT2D eigenvalue weighted by Gasteiger charge is -2.17. The smallest absolute Gasteiger partial charge is 0.332 e. The maximum absolute atomic E-state index is 13.8. The standard InChI is InChI=1S/C26H32F2N6O5S/c1-3-7-40-26-30-24(29-18-10-15(18)13-5-6-16(27)17(28)8-13)21-25(31-26)34(33-32-21)11-14-9-19(23(37)22(14)36)39-12-20(35)38-4-2/h5-6,8,14-15,18-19,22-23,36-37H,3-4,7,9-12H2,1-2H3,(H,29,30,31). The number of rotatable bonds is 12. The highest BCUT2D eigenvalue weighted by atomic mass is 32.2. The van der Waals surface area contributed by atoms with Gasteiger partial charge in [-0.05, 0) is 43.9 Å². The molecule has 0 saturated heterocycles. The van der Waals surface area contributed by atoms with Crippen LogP contribution in [0.15, 0.2) is 23.4 Å². The molecule has 6 unspecified atom stereocenters. The molecule has 11 nitrogen and oxygen atoms in total. The van der Waals surface area contributed by atoms with Crippen molar-refractivity contribution in [2.75, 3.05) is 24.3 Å². The zero-order chi connectivity index (χ0) is 28.4. The van der Waals surface area contributed by atoms with Gasteiger partial charge in [0.15, 0.2) is 33.8 Å². The molecule has 0 amide bonds. The first-order valence-corrected chi connectivity index (χ1v) is 14.4. The lowest BCUT2D eigenvalue weighted by atomic mass is 10.1. The van der Waals surface area contributed by atoms with E-state index in [9.17, 15) is 23.8 Å². The summed E-state index contributed by atoms with van der Waals surface area (Å²) >= 11 is 1.49. The van der Waals surface area contributed by atoms with E-state index >= 15 is 0 Å².